The van der Waals surface area contributed by atoms with Crippen LogP contribution in [0.1, 0.15) is 10.4 Å². The van der Waals surface area contributed by atoms with Crippen molar-refractivity contribution in [1.29, 1.82) is 0 Å². The lowest BCUT2D eigenvalue weighted by atomic mass is 10.2. The summed E-state index contributed by atoms with van der Waals surface area (Å²) in [4.78, 5) is 5.64. The minimum Gasteiger partial charge on any atom is -0.356 e. The van der Waals surface area contributed by atoms with Gasteiger partial charge in [-0.1, -0.05) is 30.3 Å². The van der Waals surface area contributed by atoms with E-state index in [1.54, 1.807) is 7.05 Å². The molecule has 106 valence electrons. The smallest absolute Gasteiger partial charge is 0.191 e. The molecule has 20 heavy (non-hydrogen) atoms. The van der Waals surface area contributed by atoms with E-state index < -0.39 is 0 Å². The van der Waals surface area contributed by atoms with E-state index in [0.29, 0.717) is 0 Å². The second-order valence-electron chi connectivity index (χ2n) is 4.29. The van der Waals surface area contributed by atoms with Crippen LogP contribution in [-0.2, 0) is 13.0 Å². The van der Waals surface area contributed by atoms with Crippen LogP contribution in [0.5, 0.6) is 0 Å². The number of nitrogens with zero attached hydrogens (tertiary/aromatic N) is 1. The summed E-state index contributed by atoms with van der Waals surface area (Å²) in [6, 6.07) is 14.7. The molecule has 3 nitrogen and oxygen atoms in total. The van der Waals surface area contributed by atoms with Gasteiger partial charge in [-0.25, -0.2) is 0 Å². The van der Waals surface area contributed by atoms with Crippen molar-refractivity contribution in [2.75, 3.05) is 13.6 Å². The van der Waals surface area contributed by atoms with E-state index >= 15 is 0 Å². The maximum absolute atomic E-state index is 4.24. The molecule has 0 saturated heterocycles. The Kier molecular flexibility index (Phi) is 6.32. The molecule has 0 aliphatic heterocycles. The topological polar surface area (TPSA) is 36.4 Å². The first-order valence-corrected chi connectivity index (χ1v) is 8.40. The Morgan fingerprint density at radius 1 is 1.15 bits per heavy atom. The highest BCUT2D eigenvalue weighted by atomic mass is 127. The highest BCUT2D eigenvalue weighted by molar-refractivity contribution is 14.1. The summed E-state index contributed by atoms with van der Waals surface area (Å²) in [7, 11) is 1.80. The first kappa shape index (κ1) is 15.3. The third-order valence-corrected chi connectivity index (χ3v) is 4.77. The zero-order chi connectivity index (χ0) is 14.2. The Morgan fingerprint density at radius 3 is 2.60 bits per heavy atom. The number of hydrogen-bond donors (Lipinski definition) is 2. The van der Waals surface area contributed by atoms with E-state index in [0.717, 1.165) is 25.5 Å². The van der Waals surface area contributed by atoms with Gasteiger partial charge in [-0.05, 0) is 46.7 Å². The normalized spacial score (nSPS) is 11.4. The zero-order valence-corrected chi connectivity index (χ0v) is 14.4. The van der Waals surface area contributed by atoms with E-state index in [1.807, 2.05) is 29.5 Å². The predicted molar refractivity (Wildman–Crippen MR) is 95.4 cm³/mol. The van der Waals surface area contributed by atoms with Gasteiger partial charge in [-0.2, -0.15) is 0 Å². The molecule has 5 heteroatoms. The van der Waals surface area contributed by atoms with Crippen LogP contribution < -0.4 is 10.6 Å². The number of hydrogen-bond acceptors (Lipinski definition) is 2. The van der Waals surface area contributed by atoms with Crippen LogP contribution in [-0.4, -0.2) is 19.6 Å². The molecule has 0 aliphatic carbocycles. The standard InChI is InChI=1S/C15H18IN3S/c1-17-15(19-11-12-5-3-2-4-6-12)18-10-9-13-7-8-14(16)20-13/h2-8H,9-11H2,1H3,(H2,17,18,19). The van der Waals surface area contributed by atoms with E-state index in [4.69, 9.17) is 0 Å². The quantitative estimate of drug-likeness (QED) is 0.460. The molecule has 0 unspecified atom stereocenters. The zero-order valence-electron chi connectivity index (χ0n) is 11.4. The van der Waals surface area contributed by atoms with Gasteiger partial charge in [0.15, 0.2) is 5.96 Å². The van der Waals surface area contributed by atoms with Gasteiger partial charge in [0.25, 0.3) is 0 Å². The van der Waals surface area contributed by atoms with Crippen LogP contribution in [0.15, 0.2) is 47.5 Å². The third kappa shape index (κ3) is 5.13. The van der Waals surface area contributed by atoms with Crippen molar-refractivity contribution >= 4 is 39.9 Å². The van der Waals surface area contributed by atoms with Gasteiger partial charge in [-0.3, -0.25) is 4.99 Å². The molecule has 1 aromatic carbocycles. The lowest BCUT2D eigenvalue weighted by Crippen LogP contribution is -2.37. The average molecular weight is 399 g/mol. The molecule has 0 radical (unpaired) electrons. The number of rotatable bonds is 5. The van der Waals surface area contributed by atoms with Crippen LogP contribution >= 0.6 is 33.9 Å². The van der Waals surface area contributed by atoms with Crippen molar-refractivity contribution < 1.29 is 0 Å². The molecule has 1 heterocycles. The van der Waals surface area contributed by atoms with Gasteiger partial charge in [0, 0.05) is 25.0 Å². The third-order valence-electron chi connectivity index (χ3n) is 2.82. The van der Waals surface area contributed by atoms with Crippen molar-refractivity contribution in [3.8, 4) is 0 Å². The lowest BCUT2D eigenvalue weighted by Gasteiger charge is -2.11. The predicted octanol–water partition coefficient (Wildman–Crippen LogP) is 3.26. The average Bonchev–Trinajstić information content (AvgIpc) is 2.89. The molecule has 2 N–H and O–H groups in total. The van der Waals surface area contributed by atoms with Gasteiger partial charge in [-0.15, -0.1) is 11.3 Å². The summed E-state index contributed by atoms with van der Waals surface area (Å²) >= 11 is 4.20. The summed E-state index contributed by atoms with van der Waals surface area (Å²) in [5.74, 6) is 0.847. The fourth-order valence-electron chi connectivity index (χ4n) is 1.79. The van der Waals surface area contributed by atoms with Crippen molar-refractivity contribution in [1.82, 2.24) is 10.6 Å². The van der Waals surface area contributed by atoms with Gasteiger partial charge in [0.2, 0.25) is 0 Å². The Bertz CT molecular complexity index is 551. The molecule has 1 aromatic heterocycles. The summed E-state index contributed by atoms with van der Waals surface area (Å²) in [6.45, 7) is 1.68. The molecule has 0 atom stereocenters. The lowest BCUT2D eigenvalue weighted by molar-refractivity contribution is 0.799. The number of benzene rings is 1. The Labute approximate surface area is 137 Å². The Balaban J connectivity index is 1.73. The van der Waals surface area contributed by atoms with Crippen LogP contribution in [0.25, 0.3) is 0 Å². The van der Waals surface area contributed by atoms with Gasteiger partial charge >= 0.3 is 0 Å². The summed E-state index contributed by atoms with van der Waals surface area (Å²) in [5, 5.41) is 6.66. The van der Waals surface area contributed by atoms with E-state index in [1.165, 1.54) is 13.3 Å². The minimum absolute atomic E-state index is 0.789. The monoisotopic (exact) mass is 399 g/mol. The molecule has 0 spiro atoms. The highest BCUT2D eigenvalue weighted by Gasteiger charge is 2.00. The summed E-state index contributed by atoms with van der Waals surface area (Å²) < 4.78 is 1.34. The number of aliphatic imine (C=N–C) groups is 1. The van der Waals surface area contributed by atoms with E-state index in [-0.39, 0.29) is 0 Å². The highest BCUT2D eigenvalue weighted by Crippen LogP contribution is 2.18. The Morgan fingerprint density at radius 2 is 1.95 bits per heavy atom. The molecular formula is C15H18IN3S. The first-order valence-electron chi connectivity index (χ1n) is 6.50. The fourth-order valence-corrected chi connectivity index (χ4v) is 3.55. The summed E-state index contributed by atoms with van der Waals surface area (Å²) in [5.41, 5.74) is 1.25. The van der Waals surface area contributed by atoms with Crippen molar-refractivity contribution in [2.24, 2.45) is 4.99 Å². The van der Waals surface area contributed by atoms with Crippen LogP contribution in [0.3, 0.4) is 0 Å². The maximum Gasteiger partial charge on any atom is 0.191 e. The minimum atomic E-state index is 0.789. The molecule has 2 aromatic rings. The summed E-state index contributed by atoms with van der Waals surface area (Å²) in [6.07, 6.45) is 1.03. The van der Waals surface area contributed by atoms with Crippen molar-refractivity contribution in [3.05, 3.63) is 55.8 Å². The Hall–Kier alpha value is -1.08. The molecule has 0 amide bonds. The number of thiophene rings is 1. The van der Waals surface area contributed by atoms with Crippen molar-refractivity contribution in [3.63, 3.8) is 0 Å². The van der Waals surface area contributed by atoms with Gasteiger partial charge < -0.3 is 10.6 Å². The van der Waals surface area contributed by atoms with Gasteiger partial charge in [0.05, 0.1) is 2.88 Å². The van der Waals surface area contributed by atoms with Crippen molar-refractivity contribution in [2.45, 2.75) is 13.0 Å². The van der Waals surface area contributed by atoms with Crippen LogP contribution in [0.2, 0.25) is 0 Å². The molecule has 0 saturated carbocycles. The first-order chi connectivity index (χ1) is 9.78. The second kappa shape index (κ2) is 8.26. The number of nitrogens with one attached hydrogen (secondary N) is 2. The largest absolute Gasteiger partial charge is 0.356 e. The molecule has 0 aliphatic rings. The number of halogens is 1. The fraction of sp³-hybridized carbons (Fsp3) is 0.267. The van der Waals surface area contributed by atoms with Crippen LogP contribution in [0, 0.1) is 2.88 Å². The molecule has 2 rings (SSSR count). The van der Waals surface area contributed by atoms with Gasteiger partial charge in [0.1, 0.15) is 0 Å². The SMILES string of the molecule is CN=C(NCCc1ccc(I)s1)NCc1ccccc1. The van der Waals surface area contributed by atoms with Crippen LogP contribution in [0.4, 0.5) is 0 Å². The molecule has 0 fully saturated rings. The van der Waals surface area contributed by atoms with E-state index in [2.05, 4.69) is 62.5 Å². The van der Waals surface area contributed by atoms with E-state index in [9.17, 15) is 0 Å². The molecule has 0 bridgehead atoms. The number of guanidine groups is 1. The maximum atomic E-state index is 4.24. The second-order valence-corrected chi connectivity index (χ2v) is 7.36. The molecular weight excluding hydrogens is 381 g/mol.